The van der Waals surface area contributed by atoms with Crippen LogP contribution < -0.4 is 9.04 Å². The van der Waals surface area contributed by atoms with Crippen LogP contribution in [0.3, 0.4) is 0 Å². The van der Waals surface area contributed by atoms with Crippen LogP contribution in [0.5, 0.6) is 5.75 Å². The number of sulfonamides is 1. The Labute approximate surface area is 168 Å². The van der Waals surface area contributed by atoms with Crippen molar-refractivity contribution in [3.8, 4) is 5.75 Å². The van der Waals surface area contributed by atoms with E-state index in [-0.39, 0.29) is 18.0 Å². The first-order valence-electron chi connectivity index (χ1n) is 8.78. The minimum absolute atomic E-state index is 0.121. The second kappa shape index (κ2) is 8.04. The van der Waals surface area contributed by atoms with Gasteiger partial charge in [-0.2, -0.15) is 0 Å². The Morgan fingerprint density at radius 2 is 1.72 bits per heavy atom. The number of imide groups is 1. The van der Waals surface area contributed by atoms with Gasteiger partial charge in [0.1, 0.15) is 12.3 Å². The van der Waals surface area contributed by atoms with E-state index < -0.39 is 40.1 Å². The third-order valence-corrected chi connectivity index (χ3v) is 5.80. The van der Waals surface area contributed by atoms with Gasteiger partial charge in [0, 0.05) is 6.54 Å². The number of ketones is 1. The molecule has 0 unspecified atom stereocenters. The fraction of sp³-hybridized carbons (Fsp3) is 0.250. The van der Waals surface area contributed by atoms with Gasteiger partial charge in [0.15, 0.2) is 0 Å². The van der Waals surface area contributed by atoms with E-state index in [1.54, 1.807) is 48.5 Å². The zero-order valence-electron chi connectivity index (χ0n) is 15.9. The van der Waals surface area contributed by atoms with Crippen LogP contribution in [0.4, 0.5) is 5.69 Å². The molecule has 0 aromatic heterocycles. The third-order valence-electron chi connectivity index (χ3n) is 4.67. The van der Waals surface area contributed by atoms with Crippen molar-refractivity contribution in [1.82, 2.24) is 4.90 Å². The highest BCUT2D eigenvalue weighted by Gasteiger charge is 2.43. The summed E-state index contributed by atoms with van der Waals surface area (Å²) in [4.78, 5) is 38.4. The van der Waals surface area contributed by atoms with Gasteiger partial charge in [0.25, 0.3) is 5.91 Å². The van der Waals surface area contributed by atoms with Crippen molar-refractivity contribution in [2.24, 2.45) is 0 Å². The molecule has 0 spiro atoms. The predicted molar refractivity (Wildman–Crippen MR) is 106 cm³/mol. The van der Waals surface area contributed by atoms with Crippen molar-refractivity contribution in [3.63, 3.8) is 0 Å². The van der Waals surface area contributed by atoms with Gasteiger partial charge in [-0.15, -0.1) is 0 Å². The van der Waals surface area contributed by atoms with Gasteiger partial charge >= 0.3 is 0 Å². The van der Waals surface area contributed by atoms with Crippen LogP contribution in [0.25, 0.3) is 0 Å². The molecule has 9 heteroatoms. The number of methoxy groups -OCH3 is 1. The van der Waals surface area contributed by atoms with E-state index >= 15 is 0 Å². The Balaban J connectivity index is 1.87. The molecule has 0 bridgehead atoms. The number of amides is 2. The number of para-hydroxylation sites is 2. The summed E-state index contributed by atoms with van der Waals surface area (Å²) in [6.45, 7) is -0.746. The Bertz CT molecular complexity index is 1050. The molecule has 0 N–H and O–H groups in total. The zero-order valence-corrected chi connectivity index (χ0v) is 16.8. The molecular weight excluding hydrogens is 396 g/mol. The molecule has 0 saturated carbocycles. The quantitative estimate of drug-likeness (QED) is 0.656. The van der Waals surface area contributed by atoms with E-state index in [4.69, 9.17) is 4.74 Å². The lowest BCUT2D eigenvalue weighted by Gasteiger charge is -2.25. The topological polar surface area (TPSA) is 101 Å². The summed E-state index contributed by atoms with van der Waals surface area (Å²) < 4.78 is 30.7. The maximum absolute atomic E-state index is 12.8. The van der Waals surface area contributed by atoms with Crippen molar-refractivity contribution in [2.75, 3.05) is 30.8 Å². The Morgan fingerprint density at radius 3 is 2.34 bits per heavy atom. The van der Waals surface area contributed by atoms with E-state index in [1.165, 1.54) is 13.2 Å². The first-order valence-corrected chi connectivity index (χ1v) is 10.6. The molecule has 29 heavy (non-hydrogen) atoms. The van der Waals surface area contributed by atoms with Crippen LogP contribution >= 0.6 is 0 Å². The molecule has 1 atom stereocenters. The average Bonchev–Trinajstić information content (AvgIpc) is 3.01. The van der Waals surface area contributed by atoms with Gasteiger partial charge < -0.3 is 4.74 Å². The van der Waals surface area contributed by atoms with Crippen LogP contribution in [0.15, 0.2) is 54.6 Å². The van der Waals surface area contributed by atoms with Gasteiger partial charge in [-0.25, -0.2) is 8.42 Å². The number of carbonyl (C=O) groups is 3. The molecule has 8 nitrogen and oxygen atoms in total. The number of carbonyl (C=O) groups excluding carboxylic acids is 3. The molecule has 1 aliphatic rings. The minimum atomic E-state index is -3.86. The number of hydrogen-bond acceptors (Lipinski definition) is 6. The maximum Gasteiger partial charge on any atom is 0.297 e. The third kappa shape index (κ3) is 4.14. The van der Waals surface area contributed by atoms with Crippen molar-refractivity contribution in [2.45, 2.75) is 5.92 Å². The number of likely N-dealkylation sites (tertiary alicyclic amines) is 1. The average molecular weight is 416 g/mol. The summed E-state index contributed by atoms with van der Waals surface area (Å²) in [5, 5.41) is 0. The Hall–Kier alpha value is -3.20. The summed E-state index contributed by atoms with van der Waals surface area (Å²) in [5.74, 6) is -2.90. The van der Waals surface area contributed by atoms with Gasteiger partial charge in [-0.3, -0.25) is 23.6 Å². The van der Waals surface area contributed by atoms with Crippen LogP contribution in [0.1, 0.15) is 11.5 Å². The van der Waals surface area contributed by atoms with Crippen LogP contribution in [-0.4, -0.2) is 57.4 Å². The Morgan fingerprint density at radius 1 is 1.10 bits per heavy atom. The number of nitrogens with zero attached hydrogens (tertiary/aromatic N) is 2. The maximum atomic E-state index is 12.8. The minimum Gasteiger partial charge on any atom is -0.495 e. The molecule has 1 aliphatic heterocycles. The van der Waals surface area contributed by atoms with Crippen molar-refractivity contribution < 1.29 is 27.5 Å². The number of rotatable bonds is 6. The lowest BCUT2D eigenvalue weighted by Crippen LogP contribution is -2.44. The molecule has 1 saturated heterocycles. The lowest BCUT2D eigenvalue weighted by atomic mass is 9.97. The summed E-state index contributed by atoms with van der Waals surface area (Å²) in [6.07, 6.45) is 0.955. The molecule has 1 heterocycles. The highest BCUT2D eigenvalue weighted by Crippen LogP contribution is 2.30. The summed E-state index contributed by atoms with van der Waals surface area (Å²) in [5.41, 5.74) is 0.800. The van der Waals surface area contributed by atoms with Gasteiger partial charge in [0.05, 0.1) is 25.0 Å². The molecule has 3 rings (SSSR count). The molecule has 0 aliphatic carbocycles. The number of hydrogen-bond donors (Lipinski definition) is 0. The molecule has 2 amide bonds. The Kier molecular flexibility index (Phi) is 5.69. The van der Waals surface area contributed by atoms with Crippen molar-refractivity contribution in [1.29, 1.82) is 0 Å². The van der Waals surface area contributed by atoms with Crippen LogP contribution in [0, 0.1) is 0 Å². The largest absolute Gasteiger partial charge is 0.495 e. The molecule has 2 aromatic carbocycles. The smallest absolute Gasteiger partial charge is 0.297 e. The van der Waals surface area contributed by atoms with E-state index in [2.05, 4.69) is 0 Å². The number of Topliss-reactive ketones (excluding diaryl/α,β-unsaturated/α-hetero) is 1. The summed E-state index contributed by atoms with van der Waals surface area (Å²) in [7, 11) is -2.48. The van der Waals surface area contributed by atoms with E-state index in [0.29, 0.717) is 5.56 Å². The van der Waals surface area contributed by atoms with E-state index in [9.17, 15) is 22.8 Å². The van der Waals surface area contributed by atoms with Crippen LogP contribution in [-0.2, 0) is 24.4 Å². The van der Waals surface area contributed by atoms with Gasteiger partial charge in [-0.1, -0.05) is 42.5 Å². The fourth-order valence-corrected chi connectivity index (χ4v) is 4.07. The highest BCUT2D eigenvalue weighted by atomic mass is 32.2. The number of ether oxygens (including phenoxy) is 1. The summed E-state index contributed by atoms with van der Waals surface area (Å²) >= 11 is 0. The van der Waals surface area contributed by atoms with E-state index in [1.807, 2.05) is 0 Å². The lowest BCUT2D eigenvalue weighted by molar-refractivity contribution is -0.146. The number of anilines is 1. The first-order chi connectivity index (χ1) is 13.7. The van der Waals surface area contributed by atoms with E-state index in [0.717, 1.165) is 15.5 Å². The van der Waals surface area contributed by atoms with Gasteiger partial charge in [-0.05, 0) is 17.7 Å². The fourth-order valence-electron chi connectivity index (χ4n) is 3.21. The first kappa shape index (κ1) is 20.5. The SMILES string of the molecule is COc1ccccc1N(CC(=O)N1C[C@H](c2ccccc2)C(=O)C1=O)S(C)(=O)=O. The monoisotopic (exact) mass is 416 g/mol. The van der Waals surface area contributed by atoms with Crippen molar-refractivity contribution >= 4 is 33.3 Å². The highest BCUT2D eigenvalue weighted by molar-refractivity contribution is 7.92. The number of benzene rings is 2. The van der Waals surface area contributed by atoms with Crippen LogP contribution in [0.2, 0.25) is 0 Å². The van der Waals surface area contributed by atoms with Crippen molar-refractivity contribution in [3.05, 3.63) is 60.2 Å². The predicted octanol–water partition coefficient (Wildman–Crippen LogP) is 1.18. The summed E-state index contributed by atoms with van der Waals surface area (Å²) in [6, 6.07) is 15.0. The zero-order chi connectivity index (χ0) is 21.2. The standard InChI is InChI=1S/C20H20N2O6S/c1-28-17-11-7-6-10-16(17)22(29(2,26)27)13-18(23)21-12-15(19(24)20(21)25)14-8-4-3-5-9-14/h3-11,15H,12-13H2,1-2H3/t15-/m1/s1. The molecule has 0 radical (unpaired) electrons. The second-order valence-electron chi connectivity index (χ2n) is 6.58. The normalized spacial score (nSPS) is 16.8. The molecule has 2 aromatic rings. The molecule has 1 fully saturated rings. The van der Waals surface area contributed by atoms with Gasteiger partial charge in [0.2, 0.25) is 21.7 Å². The molecular formula is C20H20N2O6S. The second-order valence-corrected chi connectivity index (χ2v) is 8.49. The molecule has 152 valence electrons.